The highest BCUT2D eigenvalue weighted by atomic mass is 35.5. The number of halogens is 3. The fourth-order valence-electron chi connectivity index (χ4n) is 1.82. The van der Waals surface area contributed by atoms with Crippen LogP contribution in [0.4, 0.5) is 8.78 Å². The molecule has 0 saturated carbocycles. The van der Waals surface area contributed by atoms with Gasteiger partial charge in [0.15, 0.2) is 0 Å². The molecule has 2 aromatic rings. The van der Waals surface area contributed by atoms with Gasteiger partial charge in [0.2, 0.25) is 5.96 Å². The lowest BCUT2D eigenvalue weighted by Gasteiger charge is -1.96. The summed E-state index contributed by atoms with van der Waals surface area (Å²) in [7, 11) is 0. The molecular weight excluding hydrogens is 346 g/mol. The first-order valence-electron chi connectivity index (χ1n) is 7.07. The van der Waals surface area contributed by atoms with Crippen molar-refractivity contribution in [3.63, 3.8) is 0 Å². The molecule has 0 fully saturated rings. The summed E-state index contributed by atoms with van der Waals surface area (Å²) in [5.41, 5.74) is 12.3. The van der Waals surface area contributed by atoms with E-state index in [2.05, 4.69) is 10.2 Å². The molecule has 0 bridgehead atoms. The third kappa shape index (κ3) is 7.41. The van der Waals surface area contributed by atoms with Crippen molar-refractivity contribution in [3.05, 3.63) is 83.4 Å². The lowest BCUT2D eigenvalue weighted by Crippen LogP contribution is -2.22. The fraction of sp³-hybridized carbons (Fsp3) is 0. The van der Waals surface area contributed by atoms with Crippen molar-refractivity contribution in [2.24, 2.45) is 21.7 Å². The predicted molar refractivity (Wildman–Crippen MR) is 101 cm³/mol. The molecule has 0 unspecified atom stereocenters. The van der Waals surface area contributed by atoms with Crippen LogP contribution in [0, 0.1) is 11.6 Å². The summed E-state index contributed by atoms with van der Waals surface area (Å²) in [6.07, 6.45) is 6.58. The number of nitrogens with zero attached hydrogens (tertiary/aromatic N) is 2. The largest absolute Gasteiger partial charge is 0.369 e. The number of benzene rings is 2. The van der Waals surface area contributed by atoms with Gasteiger partial charge in [-0.05, 0) is 47.5 Å². The van der Waals surface area contributed by atoms with Crippen molar-refractivity contribution in [1.82, 2.24) is 0 Å². The summed E-state index contributed by atoms with van der Waals surface area (Å²) >= 11 is 0. The van der Waals surface area contributed by atoms with E-state index in [1.165, 1.54) is 24.3 Å². The number of nitrogens with two attached hydrogens (primary N) is 2. The van der Waals surface area contributed by atoms with Gasteiger partial charge in [0.1, 0.15) is 11.6 Å². The van der Waals surface area contributed by atoms with Crippen LogP contribution in [0.5, 0.6) is 0 Å². The zero-order valence-electron chi connectivity index (χ0n) is 13.1. The summed E-state index contributed by atoms with van der Waals surface area (Å²) in [4.78, 5) is 0. The van der Waals surface area contributed by atoms with E-state index in [4.69, 9.17) is 11.5 Å². The Morgan fingerprint density at radius 1 is 0.800 bits per heavy atom. The van der Waals surface area contributed by atoms with E-state index in [1.54, 1.807) is 48.6 Å². The zero-order valence-corrected chi connectivity index (χ0v) is 14.0. The fourth-order valence-corrected chi connectivity index (χ4v) is 1.82. The minimum Gasteiger partial charge on any atom is -0.369 e. The normalized spacial score (nSPS) is 10.5. The summed E-state index contributed by atoms with van der Waals surface area (Å²) in [5, 5.41) is 7.49. The Hall–Kier alpha value is -2.99. The first-order valence-corrected chi connectivity index (χ1v) is 7.07. The van der Waals surface area contributed by atoms with Crippen LogP contribution < -0.4 is 11.5 Å². The molecule has 0 radical (unpaired) electrons. The molecule has 0 spiro atoms. The van der Waals surface area contributed by atoms with Gasteiger partial charge in [-0.15, -0.1) is 22.6 Å². The minimum absolute atomic E-state index is 0. The maximum absolute atomic E-state index is 13.2. The van der Waals surface area contributed by atoms with Gasteiger partial charge in [-0.3, -0.25) is 0 Å². The van der Waals surface area contributed by atoms with Gasteiger partial charge in [-0.25, -0.2) is 8.78 Å². The Morgan fingerprint density at radius 3 is 1.68 bits per heavy atom. The molecular formula is C18H17ClF2N4. The zero-order chi connectivity index (χ0) is 17.4. The number of allylic oxidation sites excluding steroid dienone is 2. The van der Waals surface area contributed by atoms with Crippen LogP contribution in [0.3, 0.4) is 0 Å². The smallest absolute Gasteiger partial charge is 0.211 e. The van der Waals surface area contributed by atoms with E-state index >= 15 is 0 Å². The number of hydrogen-bond acceptors (Lipinski definition) is 2. The molecule has 25 heavy (non-hydrogen) atoms. The molecule has 2 rings (SSSR count). The molecule has 130 valence electrons. The number of hydrogen-bond donors (Lipinski definition) is 2. The van der Waals surface area contributed by atoms with Gasteiger partial charge < -0.3 is 11.5 Å². The highest BCUT2D eigenvalue weighted by Gasteiger charge is 1.95. The Bertz CT molecular complexity index is 768. The summed E-state index contributed by atoms with van der Waals surface area (Å²) in [6, 6.07) is 12.2. The maximum Gasteiger partial charge on any atom is 0.211 e. The number of rotatable bonds is 5. The highest BCUT2D eigenvalue weighted by Crippen LogP contribution is 2.08. The standard InChI is InChI=1S/C18H16F2N4.ClH/c19-15-5-1-3-13(11-15)7-9-17(23-24-18(21)22)10-8-14-4-2-6-16(20)12-14;/h1-12H,(H4,21,22,24);1H/b9-7+,10-8+;. The third-order valence-corrected chi connectivity index (χ3v) is 2.87. The molecule has 7 heteroatoms. The lowest BCUT2D eigenvalue weighted by molar-refractivity contribution is 0.627. The van der Waals surface area contributed by atoms with E-state index in [0.29, 0.717) is 16.8 Å². The van der Waals surface area contributed by atoms with Crippen LogP contribution in [-0.4, -0.2) is 11.7 Å². The lowest BCUT2D eigenvalue weighted by atomic mass is 10.1. The Kier molecular flexibility index (Phi) is 8.02. The van der Waals surface area contributed by atoms with Crippen LogP contribution in [-0.2, 0) is 0 Å². The van der Waals surface area contributed by atoms with Crippen LogP contribution in [0.15, 0.2) is 70.9 Å². The third-order valence-electron chi connectivity index (χ3n) is 2.87. The van der Waals surface area contributed by atoms with Crippen molar-refractivity contribution < 1.29 is 8.78 Å². The molecule has 0 heterocycles. The van der Waals surface area contributed by atoms with Gasteiger partial charge in [0, 0.05) is 0 Å². The SMILES string of the molecule is Cl.NC(N)=NN=C(/C=C/c1cccc(F)c1)/C=C/c1cccc(F)c1. The van der Waals surface area contributed by atoms with E-state index in [-0.39, 0.29) is 30.0 Å². The number of guanidine groups is 1. The quantitative estimate of drug-likeness (QED) is 0.483. The van der Waals surface area contributed by atoms with Crippen LogP contribution >= 0.6 is 12.4 Å². The molecule has 0 aliphatic heterocycles. The molecule has 0 amide bonds. The van der Waals surface area contributed by atoms with Crippen molar-refractivity contribution in [1.29, 1.82) is 0 Å². The van der Waals surface area contributed by atoms with Gasteiger partial charge in [0.05, 0.1) is 5.71 Å². The Labute approximate surface area is 150 Å². The molecule has 0 aliphatic carbocycles. The first kappa shape index (κ1) is 20.1. The first-order chi connectivity index (χ1) is 11.5. The predicted octanol–water partition coefficient (Wildman–Crippen LogP) is 3.74. The summed E-state index contributed by atoms with van der Waals surface area (Å²) in [5.74, 6) is -0.865. The van der Waals surface area contributed by atoms with Gasteiger partial charge >= 0.3 is 0 Å². The second-order valence-corrected chi connectivity index (χ2v) is 4.83. The highest BCUT2D eigenvalue weighted by molar-refractivity contribution is 6.08. The second-order valence-electron chi connectivity index (χ2n) is 4.83. The molecule has 0 aromatic heterocycles. The second kappa shape index (κ2) is 10.00. The topological polar surface area (TPSA) is 76.8 Å². The Morgan fingerprint density at radius 2 is 1.28 bits per heavy atom. The van der Waals surface area contributed by atoms with Crippen LogP contribution in [0.1, 0.15) is 11.1 Å². The van der Waals surface area contributed by atoms with Crippen molar-refractivity contribution in [2.45, 2.75) is 0 Å². The monoisotopic (exact) mass is 362 g/mol. The van der Waals surface area contributed by atoms with Crippen molar-refractivity contribution >= 4 is 36.2 Å². The molecule has 0 atom stereocenters. The van der Waals surface area contributed by atoms with Crippen LogP contribution in [0.2, 0.25) is 0 Å². The van der Waals surface area contributed by atoms with Crippen LogP contribution in [0.25, 0.3) is 12.2 Å². The van der Waals surface area contributed by atoms with E-state index in [0.717, 1.165) is 0 Å². The molecule has 0 saturated heterocycles. The van der Waals surface area contributed by atoms with E-state index in [1.807, 2.05) is 0 Å². The minimum atomic E-state index is -0.338. The molecule has 4 N–H and O–H groups in total. The maximum atomic E-state index is 13.2. The van der Waals surface area contributed by atoms with Crippen molar-refractivity contribution in [3.8, 4) is 0 Å². The molecule has 0 aliphatic rings. The average Bonchev–Trinajstić information content (AvgIpc) is 2.54. The van der Waals surface area contributed by atoms with Gasteiger partial charge in [0.25, 0.3) is 0 Å². The average molecular weight is 363 g/mol. The Balaban J connectivity index is 0.00000312. The molecule has 4 nitrogen and oxygen atoms in total. The van der Waals surface area contributed by atoms with E-state index < -0.39 is 0 Å². The van der Waals surface area contributed by atoms with Crippen molar-refractivity contribution in [2.75, 3.05) is 0 Å². The van der Waals surface area contributed by atoms with E-state index in [9.17, 15) is 8.78 Å². The molecule has 2 aromatic carbocycles. The summed E-state index contributed by atoms with van der Waals surface area (Å²) in [6.45, 7) is 0. The van der Waals surface area contributed by atoms with Gasteiger partial charge in [-0.2, -0.15) is 0 Å². The van der Waals surface area contributed by atoms with Gasteiger partial charge in [-0.1, -0.05) is 36.4 Å². The summed E-state index contributed by atoms with van der Waals surface area (Å²) < 4.78 is 26.4.